The summed E-state index contributed by atoms with van der Waals surface area (Å²) < 4.78 is 0. The standard InChI is InChI=1S/C22H32N4O2S/c1-14(2)10-11-23-21(27)18-13-29-19(24-18)12-26(15(3)4)22(28)25-20-16(5)8-7-9-17(20)6/h7-9,13-15H,10-12H2,1-6H3,(H,23,27)(H,25,28). The number of aromatic nitrogens is 1. The minimum Gasteiger partial charge on any atom is -0.351 e. The van der Waals surface area contributed by atoms with Crippen LogP contribution in [0.3, 0.4) is 0 Å². The number of aryl methyl sites for hydroxylation is 2. The highest BCUT2D eigenvalue weighted by Gasteiger charge is 2.21. The number of urea groups is 1. The fourth-order valence-corrected chi connectivity index (χ4v) is 3.65. The summed E-state index contributed by atoms with van der Waals surface area (Å²) >= 11 is 1.40. The lowest BCUT2D eigenvalue weighted by Gasteiger charge is -2.27. The zero-order chi connectivity index (χ0) is 21.6. The minimum absolute atomic E-state index is 0.00783. The van der Waals surface area contributed by atoms with Crippen LogP contribution in [0.15, 0.2) is 23.6 Å². The summed E-state index contributed by atoms with van der Waals surface area (Å²) in [5.41, 5.74) is 3.30. The van der Waals surface area contributed by atoms with E-state index in [2.05, 4.69) is 29.5 Å². The van der Waals surface area contributed by atoms with Gasteiger partial charge in [-0.25, -0.2) is 9.78 Å². The Morgan fingerprint density at radius 1 is 1.14 bits per heavy atom. The smallest absolute Gasteiger partial charge is 0.322 e. The molecule has 0 saturated carbocycles. The molecule has 0 bridgehead atoms. The second-order valence-electron chi connectivity index (χ2n) is 7.98. The van der Waals surface area contributed by atoms with Crippen LogP contribution in [-0.2, 0) is 6.54 Å². The van der Waals surface area contributed by atoms with E-state index in [9.17, 15) is 9.59 Å². The molecule has 0 unspecified atom stereocenters. The number of rotatable bonds is 8. The van der Waals surface area contributed by atoms with E-state index in [1.807, 2.05) is 45.9 Å². The molecule has 1 aromatic carbocycles. The van der Waals surface area contributed by atoms with Crippen molar-refractivity contribution in [2.45, 2.75) is 60.5 Å². The number of carbonyl (C=O) groups excluding carboxylic acids is 2. The Balaban J connectivity index is 2.04. The zero-order valence-electron chi connectivity index (χ0n) is 18.2. The van der Waals surface area contributed by atoms with E-state index in [1.165, 1.54) is 11.3 Å². The summed E-state index contributed by atoms with van der Waals surface area (Å²) in [6.07, 6.45) is 0.933. The molecule has 0 aliphatic heterocycles. The van der Waals surface area contributed by atoms with Crippen LogP contribution in [0.4, 0.5) is 10.5 Å². The van der Waals surface area contributed by atoms with Crippen molar-refractivity contribution >= 4 is 29.0 Å². The summed E-state index contributed by atoms with van der Waals surface area (Å²) in [6.45, 7) is 13.1. The van der Waals surface area contributed by atoms with E-state index in [0.717, 1.165) is 28.2 Å². The average Bonchev–Trinajstić information content (AvgIpc) is 3.11. The van der Waals surface area contributed by atoms with Gasteiger partial charge >= 0.3 is 6.03 Å². The van der Waals surface area contributed by atoms with Crippen molar-refractivity contribution in [2.75, 3.05) is 11.9 Å². The molecule has 1 heterocycles. The van der Waals surface area contributed by atoms with Gasteiger partial charge in [0.15, 0.2) is 0 Å². The minimum atomic E-state index is -0.171. The van der Waals surface area contributed by atoms with Crippen molar-refractivity contribution in [1.29, 1.82) is 0 Å². The van der Waals surface area contributed by atoms with Crippen molar-refractivity contribution in [3.05, 3.63) is 45.4 Å². The maximum Gasteiger partial charge on any atom is 0.322 e. The number of hydrogen-bond acceptors (Lipinski definition) is 4. The predicted octanol–water partition coefficient (Wildman–Crippen LogP) is 4.98. The molecule has 29 heavy (non-hydrogen) atoms. The van der Waals surface area contributed by atoms with E-state index in [-0.39, 0.29) is 18.0 Å². The molecule has 0 spiro atoms. The molecular formula is C22H32N4O2S. The van der Waals surface area contributed by atoms with E-state index >= 15 is 0 Å². The Kier molecular flexibility index (Phi) is 8.20. The number of anilines is 1. The van der Waals surface area contributed by atoms with Crippen LogP contribution in [0.5, 0.6) is 0 Å². The molecular weight excluding hydrogens is 384 g/mol. The van der Waals surface area contributed by atoms with Crippen molar-refractivity contribution in [1.82, 2.24) is 15.2 Å². The molecule has 7 heteroatoms. The number of amides is 3. The quantitative estimate of drug-likeness (QED) is 0.637. The summed E-state index contributed by atoms with van der Waals surface area (Å²) in [6, 6.07) is 5.76. The number of nitrogens with zero attached hydrogens (tertiary/aromatic N) is 2. The Morgan fingerprint density at radius 3 is 2.38 bits per heavy atom. The third kappa shape index (κ3) is 6.56. The van der Waals surface area contributed by atoms with Crippen LogP contribution in [-0.4, -0.2) is 34.4 Å². The first-order chi connectivity index (χ1) is 13.7. The van der Waals surface area contributed by atoms with Gasteiger partial charge < -0.3 is 15.5 Å². The van der Waals surface area contributed by atoms with E-state index in [1.54, 1.807) is 10.3 Å². The van der Waals surface area contributed by atoms with Crippen molar-refractivity contribution in [2.24, 2.45) is 5.92 Å². The molecule has 0 saturated heterocycles. The van der Waals surface area contributed by atoms with Crippen LogP contribution in [0.1, 0.15) is 60.7 Å². The summed E-state index contributed by atoms with van der Waals surface area (Å²) in [5.74, 6) is 0.375. The molecule has 0 aliphatic carbocycles. The van der Waals surface area contributed by atoms with E-state index in [0.29, 0.717) is 24.7 Å². The Labute approximate surface area is 177 Å². The van der Waals surface area contributed by atoms with Gasteiger partial charge in [-0.15, -0.1) is 11.3 Å². The normalized spacial score (nSPS) is 11.0. The van der Waals surface area contributed by atoms with Crippen LogP contribution in [0, 0.1) is 19.8 Å². The van der Waals surface area contributed by atoms with Crippen molar-refractivity contribution in [3.8, 4) is 0 Å². The lowest BCUT2D eigenvalue weighted by Crippen LogP contribution is -2.39. The number of para-hydroxylation sites is 1. The number of nitrogens with one attached hydrogen (secondary N) is 2. The molecule has 1 aromatic heterocycles. The SMILES string of the molecule is Cc1cccc(C)c1NC(=O)N(Cc1nc(C(=O)NCCC(C)C)cs1)C(C)C. The average molecular weight is 417 g/mol. The molecule has 0 aliphatic rings. The Morgan fingerprint density at radius 2 is 1.79 bits per heavy atom. The van der Waals surface area contributed by atoms with E-state index in [4.69, 9.17) is 0 Å². The third-order valence-electron chi connectivity index (χ3n) is 4.69. The highest BCUT2D eigenvalue weighted by Crippen LogP contribution is 2.21. The molecule has 2 aromatic rings. The monoisotopic (exact) mass is 416 g/mol. The van der Waals surface area contributed by atoms with Gasteiger partial charge in [0.05, 0.1) is 6.54 Å². The van der Waals surface area contributed by atoms with Gasteiger partial charge in [-0.05, 0) is 51.2 Å². The second kappa shape index (κ2) is 10.4. The summed E-state index contributed by atoms with van der Waals surface area (Å²) in [5, 5.41) is 8.42. The van der Waals surface area contributed by atoms with Crippen LogP contribution >= 0.6 is 11.3 Å². The first-order valence-corrected chi connectivity index (χ1v) is 10.9. The molecule has 0 radical (unpaired) electrons. The van der Waals surface area contributed by atoms with Gasteiger partial charge in [0.1, 0.15) is 10.7 Å². The molecule has 3 amide bonds. The Bertz CT molecular complexity index is 825. The number of hydrogen-bond donors (Lipinski definition) is 2. The topological polar surface area (TPSA) is 74.3 Å². The predicted molar refractivity (Wildman–Crippen MR) is 120 cm³/mol. The zero-order valence-corrected chi connectivity index (χ0v) is 19.0. The van der Waals surface area contributed by atoms with Crippen LogP contribution < -0.4 is 10.6 Å². The maximum atomic E-state index is 12.9. The highest BCUT2D eigenvalue weighted by atomic mass is 32.1. The van der Waals surface area contributed by atoms with Crippen LogP contribution in [0.2, 0.25) is 0 Å². The van der Waals surface area contributed by atoms with E-state index < -0.39 is 0 Å². The molecule has 0 fully saturated rings. The van der Waals surface area contributed by atoms with Crippen LogP contribution in [0.25, 0.3) is 0 Å². The van der Waals surface area contributed by atoms with Gasteiger partial charge in [-0.2, -0.15) is 0 Å². The number of thiazole rings is 1. The third-order valence-corrected chi connectivity index (χ3v) is 5.53. The Hall–Kier alpha value is -2.41. The first-order valence-electron chi connectivity index (χ1n) is 10.1. The largest absolute Gasteiger partial charge is 0.351 e. The van der Waals surface area contributed by atoms with Gasteiger partial charge in [0.25, 0.3) is 5.91 Å². The number of benzene rings is 1. The summed E-state index contributed by atoms with van der Waals surface area (Å²) in [7, 11) is 0. The van der Waals surface area contributed by atoms with Gasteiger partial charge in [0.2, 0.25) is 0 Å². The van der Waals surface area contributed by atoms with Gasteiger partial charge in [-0.1, -0.05) is 32.0 Å². The second-order valence-corrected chi connectivity index (χ2v) is 8.93. The lowest BCUT2D eigenvalue weighted by atomic mass is 10.1. The molecule has 2 rings (SSSR count). The maximum absolute atomic E-state index is 12.9. The lowest BCUT2D eigenvalue weighted by molar-refractivity contribution is 0.0947. The van der Waals surface area contributed by atoms with Gasteiger partial charge in [-0.3, -0.25) is 4.79 Å². The highest BCUT2D eigenvalue weighted by molar-refractivity contribution is 7.09. The van der Waals surface area contributed by atoms with Crippen molar-refractivity contribution < 1.29 is 9.59 Å². The summed E-state index contributed by atoms with van der Waals surface area (Å²) in [4.78, 5) is 31.3. The fraction of sp³-hybridized carbons (Fsp3) is 0.500. The molecule has 2 N–H and O–H groups in total. The molecule has 6 nitrogen and oxygen atoms in total. The fourth-order valence-electron chi connectivity index (χ4n) is 2.88. The number of carbonyl (C=O) groups is 2. The van der Waals surface area contributed by atoms with Crippen molar-refractivity contribution in [3.63, 3.8) is 0 Å². The van der Waals surface area contributed by atoms with Gasteiger partial charge in [0, 0.05) is 23.7 Å². The first kappa shape index (κ1) is 22.9. The molecule has 158 valence electrons. The molecule has 0 atom stereocenters.